The van der Waals surface area contributed by atoms with Crippen molar-refractivity contribution in [3.05, 3.63) is 0 Å². The maximum Gasteiger partial charge on any atom is 0.312 e. The van der Waals surface area contributed by atoms with Gasteiger partial charge in [-0.3, -0.25) is 9.69 Å². The van der Waals surface area contributed by atoms with Crippen LogP contribution in [0.25, 0.3) is 0 Å². The van der Waals surface area contributed by atoms with Crippen molar-refractivity contribution in [2.45, 2.75) is 58.2 Å². The van der Waals surface area contributed by atoms with E-state index in [1.165, 1.54) is 26.4 Å². The Balaban J connectivity index is 1.79. The fourth-order valence-corrected chi connectivity index (χ4v) is 2.87. The summed E-state index contributed by atoms with van der Waals surface area (Å²) in [5, 5.41) is 3.54. The van der Waals surface area contributed by atoms with E-state index in [1.54, 1.807) is 0 Å². The van der Waals surface area contributed by atoms with Crippen LogP contribution >= 0.6 is 0 Å². The Hall–Kier alpha value is -0.610. The third-order valence-corrected chi connectivity index (χ3v) is 4.21. The SMILES string of the molecule is COC(=O)C(C)(C)CN[C@@H]1C[C@@H](C)N(C2CC2)C1. The fraction of sp³-hybridized carbons (Fsp3) is 0.929. The first-order chi connectivity index (χ1) is 8.44. The number of methoxy groups -OCH3 is 1. The molecule has 1 aliphatic carbocycles. The Morgan fingerprint density at radius 2 is 2.11 bits per heavy atom. The van der Waals surface area contributed by atoms with Gasteiger partial charge < -0.3 is 10.1 Å². The molecule has 0 amide bonds. The first kappa shape index (κ1) is 13.8. The van der Waals surface area contributed by atoms with Gasteiger partial charge in [-0.1, -0.05) is 0 Å². The standard InChI is InChI=1S/C14H26N2O2/c1-10-7-11(8-16(10)12-5-6-12)15-9-14(2,3)13(17)18-4/h10-12,15H,5-9H2,1-4H3/t10-,11-/m1/s1. The molecule has 0 aromatic heterocycles. The van der Waals surface area contributed by atoms with Crippen LogP contribution in [0.5, 0.6) is 0 Å². The lowest BCUT2D eigenvalue weighted by Crippen LogP contribution is -2.42. The predicted octanol–water partition coefficient (Wildman–Crippen LogP) is 1.40. The van der Waals surface area contributed by atoms with Gasteiger partial charge in [-0.15, -0.1) is 0 Å². The summed E-state index contributed by atoms with van der Waals surface area (Å²) in [4.78, 5) is 14.2. The summed E-state index contributed by atoms with van der Waals surface area (Å²) in [5.41, 5.74) is -0.439. The quantitative estimate of drug-likeness (QED) is 0.753. The van der Waals surface area contributed by atoms with Gasteiger partial charge in [-0.2, -0.15) is 0 Å². The molecule has 1 heterocycles. The topological polar surface area (TPSA) is 41.6 Å². The fourth-order valence-electron chi connectivity index (χ4n) is 2.87. The van der Waals surface area contributed by atoms with Crippen LogP contribution in [-0.4, -0.2) is 49.2 Å². The molecule has 0 radical (unpaired) electrons. The molecule has 1 saturated heterocycles. The Morgan fingerprint density at radius 1 is 1.44 bits per heavy atom. The number of hydrogen-bond acceptors (Lipinski definition) is 4. The molecule has 2 rings (SSSR count). The molecule has 104 valence electrons. The number of esters is 1. The van der Waals surface area contributed by atoms with Crippen LogP contribution in [0.2, 0.25) is 0 Å². The van der Waals surface area contributed by atoms with Gasteiger partial charge in [0, 0.05) is 31.2 Å². The highest BCUT2D eigenvalue weighted by atomic mass is 16.5. The van der Waals surface area contributed by atoms with E-state index in [0.717, 1.165) is 12.6 Å². The lowest BCUT2D eigenvalue weighted by Gasteiger charge is -2.24. The molecule has 2 fully saturated rings. The van der Waals surface area contributed by atoms with Crippen LogP contribution in [0.4, 0.5) is 0 Å². The molecule has 0 unspecified atom stereocenters. The van der Waals surface area contributed by atoms with Crippen LogP contribution < -0.4 is 5.32 Å². The molecule has 1 saturated carbocycles. The van der Waals surface area contributed by atoms with Gasteiger partial charge in [-0.25, -0.2) is 0 Å². The van der Waals surface area contributed by atoms with Crippen molar-refractivity contribution < 1.29 is 9.53 Å². The summed E-state index contributed by atoms with van der Waals surface area (Å²) >= 11 is 0. The summed E-state index contributed by atoms with van der Waals surface area (Å²) < 4.78 is 4.83. The van der Waals surface area contributed by atoms with Crippen LogP contribution in [0, 0.1) is 5.41 Å². The highest BCUT2D eigenvalue weighted by molar-refractivity contribution is 5.76. The second-order valence-corrected chi connectivity index (χ2v) is 6.47. The van der Waals surface area contributed by atoms with E-state index >= 15 is 0 Å². The molecule has 18 heavy (non-hydrogen) atoms. The minimum Gasteiger partial charge on any atom is -0.469 e. The Morgan fingerprint density at radius 3 is 2.67 bits per heavy atom. The molecular formula is C14H26N2O2. The summed E-state index contributed by atoms with van der Waals surface area (Å²) in [6.07, 6.45) is 3.92. The maximum atomic E-state index is 11.6. The number of hydrogen-bond donors (Lipinski definition) is 1. The van der Waals surface area contributed by atoms with Crippen molar-refractivity contribution in [1.29, 1.82) is 0 Å². The van der Waals surface area contributed by atoms with Crippen LogP contribution in [-0.2, 0) is 9.53 Å². The third-order valence-electron chi connectivity index (χ3n) is 4.21. The van der Waals surface area contributed by atoms with Gasteiger partial charge in [0.1, 0.15) is 0 Å². The van der Waals surface area contributed by atoms with E-state index in [0.29, 0.717) is 18.6 Å². The van der Waals surface area contributed by atoms with Gasteiger partial charge >= 0.3 is 5.97 Å². The van der Waals surface area contributed by atoms with Gasteiger partial charge in [0.2, 0.25) is 0 Å². The Kier molecular flexibility index (Phi) is 3.97. The number of carbonyl (C=O) groups is 1. The summed E-state index contributed by atoms with van der Waals surface area (Å²) in [6.45, 7) is 8.00. The number of carbonyl (C=O) groups excluding carboxylic acids is 1. The highest BCUT2D eigenvalue weighted by Crippen LogP contribution is 2.33. The number of rotatable bonds is 5. The Bertz CT molecular complexity index is 313. The molecule has 4 heteroatoms. The van der Waals surface area contributed by atoms with Gasteiger partial charge in [-0.05, 0) is 40.0 Å². The maximum absolute atomic E-state index is 11.6. The van der Waals surface area contributed by atoms with E-state index in [1.807, 2.05) is 13.8 Å². The van der Waals surface area contributed by atoms with E-state index in [4.69, 9.17) is 4.74 Å². The van der Waals surface area contributed by atoms with Gasteiger partial charge in [0.15, 0.2) is 0 Å². The average Bonchev–Trinajstić information content (AvgIpc) is 3.10. The van der Waals surface area contributed by atoms with E-state index in [2.05, 4.69) is 17.1 Å². The van der Waals surface area contributed by atoms with Crippen LogP contribution in [0.1, 0.15) is 40.0 Å². The van der Waals surface area contributed by atoms with E-state index in [9.17, 15) is 4.79 Å². The predicted molar refractivity (Wildman–Crippen MR) is 71.4 cm³/mol. The lowest BCUT2D eigenvalue weighted by atomic mass is 9.93. The molecule has 0 spiro atoms. The van der Waals surface area contributed by atoms with Crippen molar-refractivity contribution in [3.63, 3.8) is 0 Å². The zero-order valence-electron chi connectivity index (χ0n) is 12.0. The number of ether oxygens (including phenoxy) is 1. The zero-order chi connectivity index (χ0) is 13.3. The Labute approximate surface area is 110 Å². The first-order valence-corrected chi connectivity index (χ1v) is 7.01. The van der Waals surface area contributed by atoms with Gasteiger partial charge in [0.25, 0.3) is 0 Å². The van der Waals surface area contributed by atoms with Crippen molar-refractivity contribution in [1.82, 2.24) is 10.2 Å². The van der Waals surface area contributed by atoms with Crippen LogP contribution in [0.15, 0.2) is 0 Å². The number of likely N-dealkylation sites (tertiary alicyclic amines) is 1. The zero-order valence-corrected chi connectivity index (χ0v) is 12.0. The van der Waals surface area contributed by atoms with Crippen molar-refractivity contribution in [2.24, 2.45) is 5.41 Å². The largest absolute Gasteiger partial charge is 0.469 e. The normalized spacial score (nSPS) is 29.6. The highest BCUT2D eigenvalue weighted by Gasteiger charge is 2.39. The smallest absolute Gasteiger partial charge is 0.312 e. The molecular weight excluding hydrogens is 228 g/mol. The third kappa shape index (κ3) is 3.04. The molecule has 2 aliphatic rings. The number of nitrogens with one attached hydrogen (secondary N) is 1. The second-order valence-electron chi connectivity index (χ2n) is 6.47. The molecule has 0 aromatic rings. The first-order valence-electron chi connectivity index (χ1n) is 7.01. The summed E-state index contributed by atoms with van der Waals surface area (Å²) in [6, 6.07) is 2.03. The van der Waals surface area contributed by atoms with Crippen LogP contribution in [0.3, 0.4) is 0 Å². The van der Waals surface area contributed by atoms with Crippen molar-refractivity contribution >= 4 is 5.97 Å². The van der Waals surface area contributed by atoms with E-state index in [-0.39, 0.29) is 5.97 Å². The van der Waals surface area contributed by atoms with Crippen molar-refractivity contribution in [2.75, 3.05) is 20.2 Å². The summed E-state index contributed by atoms with van der Waals surface area (Å²) in [7, 11) is 1.45. The molecule has 4 nitrogen and oxygen atoms in total. The molecule has 1 N–H and O–H groups in total. The minimum atomic E-state index is -0.439. The summed E-state index contributed by atoms with van der Waals surface area (Å²) in [5.74, 6) is -0.139. The molecule has 2 atom stereocenters. The number of nitrogens with zero attached hydrogens (tertiary/aromatic N) is 1. The second kappa shape index (κ2) is 5.17. The van der Waals surface area contributed by atoms with E-state index < -0.39 is 5.41 Å². The van der Waals surface area contributed by atoms with Gasteiger partial charge in [0.05, 0.1) is 12.5 Å². The monoisotopic (exact) mass is 254 g/mol. The van der Waals surface area contributed by atoms with Crippen molar-refractivity contribution in [3.8, 4) is 0 Å². The average molecular weight is 254 g/mol. The molecule has 1 aliphatic heterocycles. The molecule has 0 bridgehead atoms. The molecule has 0 aromatic carbocycles. The lowest BCUT2D eigenvalue weighted by molar-refractivity contribution is -0.150. The minimum absolute atomic E-state index is 0.139.